The van der Waals surface area contributed by atoms with Crippen molar-refractivity contribution >= 4 is 34.9 Å². The molecule has 0 aliphatic rings. The average Bonchev–Trinajstić information content (AvgIpc) is 2.52. The van der Waals surface area contributed by atoms with E-state index in [1.807, 2.05) is 13.0 Å². The van der Waals surface area contributed by atoms with E-state index in [0.717, 1.165) is 11.3 Å². The smallest absolute Gasteiger partial charge is 0.411 e. The number of hydrogen-bond acceptors (Lipinski definition) is 5. The van der Waals surface area contributed by atoms with E-state index in [1.54, 1.807) is 32.2 Å². The first-order valence-electron chi connectivity index (χ1n) is 7.04. The number of nitrogens with one attached hydrogen (secondary N) is 2. The Hall–Kier alpha value is -2.47. The normalized spacial score (nSPS) is 10.1. The van der Waals surface area contributed by atoms with Crippen LogP contribution in [0.1, 0.15) is 12.5 Å². The SMILES string of the molecule is CCOC(=O)Nc1ccc(Nc2cc(C)c(Cl)cc2OC)nc1. The highest BCUT2D eigenvalue weighted by atomic mass is 35.5. The van der Waals surface area contributed by atoms with Crippen LogP contribution in [0.25, 0.3) is 0 Å². The van der Waals surface area contributed by atoms with Gasteiger partial charge >= 0.3 is 6.09 Å². The summed E-state index contributed by atoms with van der Waals surface area (Å²) in [6.07, 6.45) is 1.03. The molecule has 2 N–H and O–H groups in total. The second kappa shape index (κ2) is 7.69. The first-order valence-corrected chi connectivity index (χ1v) is 7.42. The summed E-state index contributed by atoms with van der Waals surface area (Å²) in [4.78, 5) is 15.6. The summed E-state index contributed by atoms with van der Waals surface area (Å²) in [6.45, 7) is 3.97. The minimum absolute atomic E-state index is 0.314. The maximum Gasteiger partial charge on any atom is 0.411 e. The minimum Gasteiger partial charge on any atom is -0.495 e. The van der Waals surface area contributed by atoms with Gasteiger partial charge in [0.2, 0.25) is 0 Å². The van der Waals surface area contributed by atoms with Gasteiger partial charge in [0.15, 0.2) is 0 Å². The highest BCUT2D eigenvalue weighted by Gasteiger charge is 2.08. The Labute approximate surface area is 139 Å². The lowest BCUT2D eigenvalue weighted by atomic mass is 10.2. The first kappa shape index (κ1) is 16.9. The van der Waals surface area contributed by atoms with Crippen molar-refractivity contribution < 1.29 is 14.3 Å². The van der Waals surface area contributed by atoms with Crippen molar-refractivity contribution in [1.82, 2.24) is 4.98 Å². The third-order valence-corrected chi connectivity index (χ3v) is 3.44. The molecular formula is C16H18ClN3O3. The zero-order valence-corrected chi connectivity index (χ0v) is 13.9. The predicted molar refractivity (Wildman–Crippen MR) is 90.9 cm³/mol. The molecule has 0 radical (unpaired) electrons. The number of carbonyl (C=O) groups is 1. The molecule has 7 heteroatoms. The van der Waals surface area contributed by atoms with Crippen molar-refractivity contribution in [3.8, 4) is 5.75 Å². The van der Waals surface area contributed by atoms with Crippen molar-refractivity contribution in [3.05, 3.63) is 41.0 Å². The van der Waals surface area contributed by atoms with Crippen molar-refractivity contribution in [2.24, 2.45) is 0 Å². The van der Waals surface area contributed by atoms with Gasteiger partial charge in [-0.05, 0) is 37.6 Å². The number of ether oxygens (including phenoxy) is 2. The summed E-state index contributed by atoms with van der Waals surface area (Å²) in [5, 5.41) is 6.37. The molecule has 0 atom stereocenters. The Morgan fingerprint density at radius 2 is 2.13 bits per heavy atom. The molecule has 1 aromatic heterocycles. The molecule has 2 rings (SSSR count). The molecular weight excluding hydrogens is 318 g/mol. The zero-order chi connectivity index (χ0) is 16.8. The van der Waals surface area contributed by atoms with E-state index in [4.69, 9.17) is 21.1 Å². The molecule has 122 valence electrons. The number of rotatable bonds is 5. The lowest BCUT2D eigenvalue weighted by molar-refractivity contribution is 0.168. The molecule has 0 aliphatic carbocycles. The monoisotopic (exact) mass is 335 g/mol. The van der Waals surface area contributed by atoms with E-state index in [1.165, 1.54) is 6.20 Å². The van der Waals surface area contributed by atoms with Gasteiger partial charge in [0, 0.05) is 11.1 Å². The number of hydrogen-bond donors (Lipinski definition) is 2. The maximum atomic E-state index is 11.3. The van der Waals surface area contributed by atoms with Crippen LogP contribution in [0.4, 0.5) is 22.0 Å². The van der Waals surface area contributed by atoms with Gasteiger partial charge in [-0.25, -0.2) is 9.78 Å². The summed E-state index contributed by atoms with van der Waals surface area (Å²) < 4.78 is 10.1. The van der Waals surface area contributed by atoms with Crippen LogP contribution in [-0.2, 0) is 4.74 Å². The summed E-state index contributed by atoms with van der Waals surface area (Å²) >= 11 is 6.09. The van der Waals surface area contributed by atoms with Gasteiger partial charge in [0.1, 0.15) is 11.6 Å². The average molecular weight is 336 g/mol. The van der Waals surface area contributed by atoms with Crippen LogP contribution in [0.15, 0.2) is 30.5 Å². The minimum atomic E-state index is -0.509. The predicted octanol–water partition coefficient (Wildman–Crippen LogP) is 4.36. The molecule has 1 heterocycles. The largest absolute Gasteiger partial charge is 0.495 e. The Kier molecular flexibility index (Phi) is 5.65. The molecule has 0 saturated carbocycles. The number of methoxy groups -OCH3 is 1. The standard InChI is InChI=1S/C16H18ClN3O3/c1-4-23-16(21)19-11-5-6-15(18-9-11)20-13-7-10(2)12(17)8-14(13)22-3/h5-9H,4H2,1-3H3,(H,18,20)(H,19,21). The van der Waals surface area contributed by atoms with Crippen LogP contribution in [0.3, 0.4) is 0 Å². The molecule has 1 aromatic carbocycles. The van der Waals surface area contributed by atoms with Gasteiger partial charge in [-0.15, -0.1) is 0 Å². The number of aryl methyl sites for hydroxylation is 1. The van der Waals surface area contributed by atoms with E-state index in [9.17, 15) is 4.79 Å². The first-order chi connectivity index (χ1) is 11.0. The lowest BCUT2D eigenvalue weighted by Crippen LogP contribution is -2.13. The van der Waals surface area contributed by atoms with Crippen molar-refractivity contribution in [2.75, 3.05) is 24.4 Å². The van der Waals surface area contributed by atoms with Crippen LogP contribution in [0.2, 0.25) is 5.02 Å². The molecule has 23 heavy (non-hydrogen) atoms. The highest BCUT2D eigenvalue weighted by molar-refractivity contribution is 6.31. The Morgan fingerprint density at radius 3 is 2.74 bits per heavy atom. The molecule has 0 fully saturated rings. The third kappa shape index (κ3) is 4.50. The number of anilines is 3. The second-order valence-corrected chi connectivity index (χ2v) is 5.11. The fraction of sp³-hybridized carbons (Fsp3) is 0.250. The number of amides is 1. The maximum absolute atomic E-state index is 11.3. The Bertz CT molecular complexity index is 690. The Balaban J connectivity index is 2.12. The third-order valence-electron chi connectivity index (χ3n) is 3.03. The quantitative estimate of drug-likeness (QED) is 0.849. The Morgan fingerprint density at radius 1 is 1.35 bits per heavy atom. The fourth-order valence-corrected chi connectivity index (χ4v) is 2.05. The molecule has 0 unspecified atom stereocenters. The number of pyridine rings is 1. The van der Waals surface area contributed by atoms with Crippen molar-refractivity contribution in [2.45, 2.75) is 13.8 Å². The van der Waals surface area contributed by atoms with Gasteiger partial charge in [-0.3, -0.25) is 5.32 Å². The lowest BCUT2D eigenvalue weighted by Gasteiger charge is -2.13. The van der Waals surface area contributed by atoms with Gasteiger partial charge < -0.3 is 14.8 Å². The van der Waals surface area contributed by atoms with Crippen molar-refractivity contribution in [1.29, 1.82) is 0 Å². The van der Waals surface area contributed by atoms with Crippen LogP contribution < -0.4 is 15.4 Å². The highest BCUT2D eigenvalue weighted by Crippen LogP contribution is 2.32. The second-order valence-electron chi connectivity index (χ2n) is 4.70. The molecule has 0 bridgehead atoms. The van der Waals surface area contributed by atoms with Crippen LogP contribution in [-0.4, -0.2) is 24.8 Å². The molecule has 0 saturated heterocycles. The topological polar surface area (TPSA) is 72.5 Å². The van der Waals surface area contributed by atoms with E-state index < -0.39 is 6.09 Å². The molecule has 2 aromatic rings. The van der Waals surface area contributed by atoms with E-state index >= 15 is 0 Å². The van der Waals surface area contributed by atoms with Crippen LogP contribution in [0, 0.1) is 6.92 Å². The number of halogens is 1. The number of aromatic nitrogens is 1. The zero-order valence-electron chi connectivity index (χ0n) is 13.1. The molecule has 0 spiro atoms. The van der Waals surface area contributed by atoms with Crippen LogP contribution >= 0.6 is 11.6 Å². The molecule has 6 nitrogen and oxygen atoms in total. The van der Waals surface area contributed by atoms with Gasteiger partial charge in [0.25, 0.3) is 0 Å². The number of nitrogens with zero attached hydrogens (tertiary/aromatic N) is 1. The van der Waals surface area contributed by atoms with Crippen LogP contribution in [0.5, 0.6) is 5.75 Å². The van der Waals surface area contributed by atoms with Gasteiger partial charge in [-0.1, -0.05) is 11.6 Å². The fourth-order valence-electron chi connectivity index (χ4n) is 1.89. The van der Waals surface area contributed by atoms with E-state index in [0.29, 0.717) is 28.9 Å². The van der Waals surface area contributed by atoms with Gasteiger partial charge in [0.05, 0.1) is 31.3 Å². The summed E-state index contributed by atoms with van der Waals surface area (Å²) in [7, 11) is 1.58. The summed E-state index contributed by atoms with van der Waals surface area (Å²) in [6, 6.07) is 7.09. The molecule has 1 amide bonds. The molecule has 0 aliphatic heterocycles. The number of carbonyl (C=O) groups excluding carboxylic acids is 1. The number of benzene rings is 1. The van der Waals surface area contributed by atoms with Gasteiger partial charge in [-0.2, -0.15) is 0 Å². The summed E-state index contributed by atoms with van der Waals surface area (Å²) in [5.74, 6) is 1.23. The summed E-state index contributed by atoms with van der Waals surface area (Å²) in [5.41, 5.74) is 2.23. The van der Waals surface area contributed by atoms with E-state index in [-0.39, 0.29) is 0 Å². The van der Waals surface area contributed by atoms with Crippen molar-refractivity contribution in [3.63, 3.8) is 0 Å². The van der Waals surface area contributed by atoms with E-state index in [2.05, 4.69) is 15.6 Å².